The van der Waals surface area contributed by atoms with E-state index in [1.165, 1.54) is 0 Å². The van der Waals surface area contributed by atoms with Gasteiger partial charge in [-0.05, 0) is 25.8 Å². The molecule has 2 fully saturated rings. The van der Waals surface area contributed by atoms with Crippen molar-refractivity contribution in [2.75, 3.05) is 39.3 Å². The van der Waals surface area contributed by atoms with Gasteiger partial charge in [-0.2, -0.15) is 0 Å². The molecule has 2 N–H and O–H groups in total. The van der Waals surface area contributed by atoms with E-state index in [9.17, 15) is 14.7 Å². The van der Waals surface area contributed by atoms with E-state index in [4.69, 9.17) is 4.74 Å². The molecule has 0 radical (unpaired) electrons. The van der Waals surface area contributed by atoms with Crippen LogP contribution >= 0.6 is 0 Å². The number of hydrogen-bond donors (Lipinski definition) is 2. The zero-order valence-corrected chi connectivity index (χ0v) is 15.9. The quantitative estimate of drug-likeness (QED) is 0.784. The van der Waals surface area contributed by atoms with Crippen molar-refractivity contribution in [3.8, 4) is 5.75 Å². The van der Waals surface area contributed by atoms with Gasteiger partial charge in [-0.3, -0.25) is 19.4 Å². The Hall–Kier alpha value is -2.12. The Bertz CT molecular complexity index is 658. The lowest BCUT2D eigenvalue weighted by Crippen LogP contribution is -2.48. The van der Waals surface area contributed by atoms with Crippen molar-refractivity contribution in [1.82, 2.24) is 15.1 Å². The summed E-state index contributed by atoms with van der Waals surface area (Å²) in [6.45, 7) is 6.20. The molecule has 1 atom stereocenters. The molecular formula is C20H29N3O4. The number of benzene rings is 1. The number of amides is 1. The summed E-state index contributed by atoms with van der Waals surface area (Å²) < 4.78 is 5.66. The Morgan fingerprint density at radius 1 is 1.26 bits per heavy atom. The number of nitrogens with one attached hydrogen (secondary N) is 1. The van der Waals surface area contributed by atoms with E-state index in [1.807, 2.05) is 36.1 Å². The number of carboxylic acids is 1. The molecule has 1 unspecified atom stereocenters. The molecule has 3 rings (SSSR count). The van der Waals surface area contributed by atoms with Crippen LogP contribution in [-0.4, -0.2) is 72.2 Å². The summed E-state index contributed by atoms with van der Waals surface area (Å²) in [4.78, 5) is 28.0. The maximum Gasteiger partial charge on any atom is 0.325 e. The number of rotatable bonds is 6. The first-order valence-corrected chi connectivity index (χ1v) is 9.79. The number of hydrogen-bond acceptors (Lipinski definition) is 5. The van der Waals surface area contributed by atoms with Gasteiger partial charge in [-0.1, -0.05) is 18.2 Å². The average molecular weight is 375 g/mol. The van der Waals surface area contributed by atoms with Crippen LogP contribution in [0.4, 0.5) is 0 Å². The van der Waals surface area contributed by atoms with Crippen LogP contribution in [0.15, 0.2) is 24.3 Å². The molecule has 0 saturated carbocycles. The largest absolute Gasteiger partial charge is 0.494 e. The SMILES string of the molecule is CCOc1ccccc1C(C(=O)O)N1CCC(N2CCNC(=O)CC2)CC1. The molecule has 2 aliphatic rings. The molecule has 7 nitrogen and oxygen atoms in total. The monoisotopic (exact) mass is 375 g/mol. The first-order valence-electron chi connectivity index (χ1n) is 9.79. The molecular weight excluding hydrogens is 346 g/mol. The molecule has 7 heteroatoms. The van der Waals surface area contributed by atoms with Crippen molar-refractivity contribution < 1.29 is 19.4 Å². The summed E-state index contributed by atoms with van der Waals surface area (Å²) in [6.07, 6.45) is 2.36. The third-order valence-electron chi connectivity index (χ3n) is 5.48. The van der Waals surface area contributed by atoms with Crippen molar-refractivity contribution in [3.05, 3.63) is 29.8 Å². The van der Waals surface area contributed by atoms with Crippen LogP contribution in [0, 0.1) is 0 Å². The second-order valence-electron chi connectivity index (χ2n) is 7.11. The third kappa shape index (κ3) is 4.78. The van der Waals surface area contributed by atoms with Crippen molar-refractivity contribution in [2.24, 2.45) is 0 Å². The average Bonchev–Trinajstić information content (AvgIpc) is 2.88. The Morgan fingerprint density at radius 2 is 2.00 bits per heavy atom. The minimum Gasteiger partial charge on any atom is -0.494 e. The van der Waals surface area contributed by atoms with Gasteiger partial charge in [0.25, 0.3) is 0 Å². The van der Waals surface area contributed by atoms with Crippen molar-refractivity contribution >= 4 is 11.9 Å². The maximum atomic E-state index is 12.1. The molecule has 0 bridgehead atoms. The fourth-order valence-electron chi connectivity index (χ4n) is 4.14. The number of carbonyl (C=O) groups is 2. The summed E-state index contributed by atoms with van der Waals surface area (Å²) in [5.74, 6) is -0.0785. The molecule has 148 valence electrons. The lowest BCUT2D eigenvalue weighted by atomic mass is 9.97. The second kappa shape index (κ2) is 9.19. The molecule has 0 spiro atoms. The highest BCUT2D eigenvalue weighted by molar-refractivity contribution is 5.77. The van der Waals surface area contributed by atoms with E-state index in [0.717, 1.165) is 44.6 Å². The molecule has 0 aliphatic carbocycles. The number of nitrogens with zero attached hydrogens (tertiary/aromatic N) is 2. The summed E-state index contributed by atoms with van der Waals surface area (Å²) in [5, 5.41) is 12.8. The molecule has 2 heterocycles. The molecule has 27 heavy (non-hydrogen) atoms. The van der Waals surface area contributed by atoms with Gasteiger partial charge in [-0.25, -0.2) is 0 Å². The van der Waals surface area contributed by atoms with E-state index in [-0.39, 0.29) is 5.91 Å². The molecule has 1 aromatic rings. The lowest BCUT2D eigenvalue weighted by molar-refractivity contribution is -0.144. The smallest absolute Gasteiger partial charge is 0.325 e. The van der Waals surface area contributed by atoms with Crippen LogP contribution in [0.5, 0.6) is 5.75 Å². The predicted octanol–water partition coefficient (Wildman–Crippen LogP) is 1.50. The number of aliphatic carboxylic acids is 1. The Balaban J connectivity index is 1.67. The van der Waals surface area contributed by atoms with Crippen LogP contribution in [0.25, 0.3) is 0 Å². The van der Waals surface area contributed by atoms with E-state index < -0.39 is 12.0 Å². The minimum absolute atomic E-state index is 0.119. The number of piperidine rings is 1. The van der Waals surface area contributed by atoms with E-state index >= 15 is 0 Å². The van der Waals surface area contributed by atoms with Crippen LogP contribution in [0.3, 0.4) is 0 Å². The zero-order chi connectivity index (χ0) is 19.2. The van der Waals surface area contributed by atoms with Crippen molar-refractivity contribution in [1.29, 1.82) is 0 Å². The van der Waals surface area contributed by atoms with E-state index in [0.29, 0.717) is 31.4 Å². The van der Waals surface area contributed by atoms with Crippen LogP contribution in [0.2, 0.25) is 0 Å². The van der Waals surface area contributed by atoms with Gasteiger partial charge < -0.3 is 15.2 Å². The minimum atomic E-state index is -0.842. The fourth-order valence-corrected chi connectivity index (χ4v) is 4.14. The van der Waals surface area contributed by atoms with E-state index in [1.54, 1.807) is 0 Å². The number of para-hydroxylation sites is 1. The van der Waals surface area contributed by atoms with Crippen LogP contribution < -0.4 is 10.1 Å². The first-order chi connectivity index (χ1) is 13.1. The molecule has 1 amide bonds. The highest BCUT2D eigenvalue weighted by Gasteiger charge is 2.34. The second-order valence-corrected chi connectivity index (χ2v) is 7.11. The molecule has 1 aromatic carbocycles. The van der Waals surface area contributed by atoms with Gasteiger partial charge in [0.05, 0.1) is 6.61 Å². The normalized spacial score (nSPS) is 21.3. The highest BCUT2D eigenvalue weighted by Crippen LogP contribution is 2.32. The standard InChI is InChI=1S/C20H29N3O4/c1-2-27-17-6-4-3-5-16(17)19(20(25)26)23-11-7-15(8-12-23)22-13-9-18(24)21-10-14-22/h3-6,15,19H,2,7-14H2,1H3,(H,21,24)(H,25,26). The van der Waals surface area contributed by atoms with Crippen LogP contribution in [-0.2, 0) is 9.59 Å². The van der Waals surface area contributed by atoms with Gasteiger partial charge in [0, 0.05) is 50.7 Å². The topological polar surface area (TPSA) is 82.1 Å². The molecule has 2 aliphatic heterocycles. The number of likely N-dealkylation sites (tertiary alicyclic amines) is 1. The summed E-state index contributed by atoms with van der Waals surface area (Å²) in [5.41, 5.74) is 0.717. The Morgan fingerprint density at radius 3 is 2.70 bits per heavy atom. The summed E-state index contributed by atoms with van der Waals surface area (Å²) in [7, 11) is 0. The lowest BCUT2D eigenvalue weighted by Gasteiger charge is -2.40. The number of carbonyl (C=O) groups excluding carboxylic acids is 1. The third-order valence-corrected chi connectivity index (χ3v) is 5.48. The van der Waals surface area contributed by atoms with Crippen LogP contribution in [0.1, 0.15) is 37.8 Å². The predicted molar refractivity (Wildman–Crippen MR) is 102 cm³/mol. The van der Waals surface area contributed by atoms with E-state index in [2.05, 4.69) is 10.2 Å². The van der Waals surface area contributed by atoms with Gasteiger partial charge in [0.15, 0.2) is 0 Å². The first kappa shape index (κ1) is 19.6. The summed E-state index contributed by atoms with van der Waals surface area (Å²) >= 11 is 0. The van der Waals surface area contributed by atoms with Gasteiger partial charge >= 0.3 is 5.97 Å². The molecule has 0 aromatic heterocycles. The zero-order valence-electron chi connectivity index (χ0n) is 15.9. The maximum absolute atomic E-state index is 12.1. The van der Waals surface area contributed by atoms with Gasteiger partial charge in [0.1, 0.15) is 11.8 Å². The fraction of sp³-hybridized carbons (Fsp3) is 0.600. The summed E-state index contributed by atoms with van der Waals surface area (Å²) in [6, 6.07) is 7.13. The molecule has 2 saturated heterocycles. The van der Waals surface area contributed by atoms with Crippen molar-refractivity contribution in [2.45, 2.75) is 38.3 Å². The highest BCUT2D eigenvalue weighted by atomic mass is 16.5. The van der Waals surface area contributed by atoms with Gasteiger partial charge in [0.2, 0.25) is 5.91 Å². The number of ether oxygens (including phenoxy) is 1. The Labute approximate surface area is 160 Å². The Kier molecular flexibility index (Phi) is 6.68. The van der Waals surface area contributed by atoms with Crippen molar-refractivity contribution in [3.63, 3.8) is 0 Å². The van der Waals surface area contributed by atoms with Gasteiger partial charge in [-0.15, -0.1) is 0 Å². The number of carboxylic acid groups (broad SMARTS) is 1.